The van der Waals surface area contributed by atoms with Crippen LogP contribution in [-0.2, 0) is 13.0 Å². The maximum Gasteiger partial charge on any atom is 0.263 e. The van der Waals surface area contributed by atoms with Crippen molar-refractivity contribution in [2.45, 2.75) is 19.9 Å². The Labute approximate surface area is 163 Å². The van der Waals surface area contributed by atoms with Crippen LogP contribution >= 0.6 is 0 Å². The number of nitrogens with one attached hydrogen (secondary N) is 1. The fraction of sp³-hybridized carbons (Fsp3) is 0.227. The SMILES string of the molecule is CNc1nc2c(c(=O)n1-c1ccccc1)CCN(C(=O)c1ccc(C)cc1)C2. The van der Waals surface area contributed by atoms with E-state index in [0.29, 0.717) is 42.3 Å². The lowest BCUT2D eigenvalue weighted by Gasteiger charge is -2.29. The van der Waals surface area contributed by atoms with E-state index in [1.165, 1.54) is 0 Å². The van der Waals surface area contributed by atoms with Crippen LogP contribution in [0.15, 0.2) is 59.4 Å². The average Bonchev–Trinajstić information content (AvgIpc) is 2.74. The first kappa shape index (κ1) is 18.0. The number of para-hydroxylation sites is 1. The van der Waals surface area contributed by atoms with Gasteiger partial charge in [-0.1, -0.05) is 35.9 Å². The van der Waals surface area contributed by atoms with Gasteiger partial charge in [0.2, 0.25) is 5.95 Å². The minimum Gasteiger partial charge on any atom is -0.358 e. The largest absolute Gasteiger partial charge is 0.358 e. The van der Waals surface area contributed by atoms with Crippen molar-refractivity contribution in [3.05, 3.63) is 87.3 Å². The Bertz CT molecular complexity index is 1070. The van der Waals surface area contributed by atoms with Gasteiger partial charge in [-0.3, -0.25) is 9.59 Å². The fourth-order valence-corrected chi connectivity index (χ4v) is 3.52. The molecule has 1 N–H and O–H groups in total. The predicted octanol–water partition coefficient (Wildman–Crippen LogP) is 2.78. The Morgan fingerprint density at radius 3 is 2.46 bits per heavy atom. The second-order valence-corrected chi connectivity index (χ2v) is 6.93. The molecule has 1 aliphatic rings. The van der Waals surface area contributed by atoms with Crippen LogP contribution in [0.25, 0.3) is 5.69 Å². The maximum atomic E-state index is 13.2. The molecular formula is C22H22N4O2. The summed E-state index contributed by atoms with van der Waals surface area (Å²) in [6, 6.07) is 17.0. The number of carbonyl (C=O) groups excluding carboxylic acids is 1. The second kappa shape index (κ2) is 7.31. The quantitative estimate of drug-likeness (QED) is 0.766. The number of benzene rings is 2. The summed E-state index contributed by atoms with van der Waals surface area (Å²) in [5.74, 6) is 0.435. The van der Waals surface area contributed by atoms with Crippen molar-refractivity contribution in [3.8, 4) is 5.69 Å². The summed E-state index contributed by atoms with van der Waals surface area (Å²) in [4.78, 5) is 32.4. The first-order valence-corrected chi connectivity index (χ1v) is 9.32. The van der Waals surface area contributed by atoms with Crippen molar-refractivity contribution in [3.63, 3.8) is 0 Å². The van der Waals surface area contributed by atoms with Crippen molar-refractivity contribution in [1.29, 1.82) is 0 Å². The Morgan fingerprint density at radius 1 is 1.07 bits per heavy atom. The van der Waals surface area contributed by atoms with Crippen molar-refractivity contribution in [2.24, 2.45) is 0 Å². The van der Waals surface area contributed by atoms with Crippen molar-refractivity contribution in [2.75, 3.05) is 18.9 Å². The van der Waals surface area contributed by atoms with Gasteiger partial charge in [0.1, 0.15) is 0 Å². The van der Waals surface area contributed by atoms with Crippen LogP contribution in [-0.4, -0.2) is 34.0 Å². The highest BCUT2D eigenvalue weighted by Crippen LogP contribution is 2.20. The van der Waals surface area contributed by atoms with Gasteiger partial charge in [0, 0.05) is 24.7 Å². The number of aromatic nitrogens is 2. The number of carbonyl (C=O) groups is 1. The molecule has 0 fully saturated rings. The van der Waals surface area contributed by atoms with Crippen LogP contribution in [0.1, 0.15) is 27.2 Å². The van der Waals surface area contributed by atoms with Crippen molar-refractivity contribution < 1.29 is 4.79 Å². The monoisotopic (exact) mass is 374 g/mol. The first-order chi connectivity index (χ1) is 13.6. The molecule has 2 aromatic carbocycles. The van der Waals surface area contributed by atoms with E-state index in [1.54, 1.807) is 16.5 Å². The summed E-state index contributed by atoms with van der Waals surface area (Å²) in [5, 5.41) is 3.02. The van der Waals surface area contributed by atoms with Gasteiger partial charge < -0.3 is 10.2 Å². The number of fused-ring (bicyclic) bond motifs is 1. The molecule has 3 aromatic rings. The highest BCUT2D eigenvalue weighted by molar-refractivity contribution is 5.94. The van der Waals surface area contributed by atoms with Gasteiger partial charge in [-0.05, 0) is 37.6 Å². The molecule has 0 spiro atoms. The van der Waals surface area contributed by atoms with E-state index in [2.05, 4.69) is 10.3 Å². The summed E-state index contributed by atoms with van der Waals surface area (Å²) in [6.45, 7) is 2.83. The van der Waals surface area contributed by atoms with Gasteiger partial charge in [-0.25, -0.2) is 9.55 Å². The lowest BCUT2D eigenvalue weighted by molar-refractivity contribution is 0.0731. The summed E-state index contributed by atoms with van der Waals surface area (Å²) < 4.78 is 1.59. The first-order valence-electron chi connectivity index (χ1n) is 9.32. The van der Waals surface area contributed by atoms with E-state index in [0.717, 1.165) is 11.3 Å². The van der Waals surface area contributed by atoms with E-state index in [-0.39, 0.29) is 11.5 Å². The number of hydrogen-bond acceptors (Lipinski definition) is 4. The number of anilines is 1. The van der Waals surface area contributed by atoms with Crippen LogP contribution in [0.5, 0.6) is 0 Å². The molecular weight excluding hydrogens is 352 g/mol. The van der Waals surface area contributed by atoms with Crippen LogP contribution in [0, 0.1) is 6.92 Å². The number of hydrogen-bond donors (Lipinski definition) is 1. The summed E-state index contributed by atoms with van der Waals surface area (Å²) in [5.41, 5.74) is 3.79. The standard InChI is InChI=1S/C22H22N4O2/c1-15-8-10-16(11-9-15)20(27)25-13-12-18-19(14-25)24-22(23-2)26(21(18)28)17-6-4-3-5-7-17/h3-11H,12-14H2,1-2H3,(H,23,24). The summed E-state index contributed by atoms with van der Waals surface area (Å²) >= 11 is 0. The average molecular weight is 374 g/mol. The van der Waals surface area contributed by atoms with E-state index in [1.807, 2.05) is 61.5 Å². The molecule has 0 aliphatic carbocycles. The molecule has 1 aliphatic heterocycles. The second-order valence-electron chi connectivity index (χ2n) is 6.93. The Hall–Kier alpha value is -3.41. The van der Waals surface area contributed by atoms with E-state index in [4.69, 9.17) is 0 Å². The molecule has 0 atom stereocenters. The van der Waals surface area contributed by atoms with Gasteiger partial charge >= 0.3 is 0 Å². The summed E-state index contributed by atoms with van der Waals surface area (Å²) in [7, 11) is 1.74. The Kier molecular flexibility index (Phi) is 4.69. The Morgan fingerprint density at radius 2 is 1.79 bits per heavy atom. The predicted molar refractivity (Wildman–Crippen MR) is 109 cm³/mol. The molecule has 0 unspecified atom stereocenters. The van der Waals surface area contributed by atoms with Crippen molar-refractivity contribution in [1.82, 2.24) is 14.5 Å². The summed E-state index contributed by atoms with van der Waals surface area (Å²) in [6.07, 6.45) is 0.496. The number of rotatable bonds is 3. The highest BCUT2D eigenvalue weighted by atomic mass is 16.2. The maximum absolute atomic E-state index is 13.2. The van der Waals surface area contributed by atoms with Gasteiger partial charge in [-0.2, -0.15) is 0 Å². The van der Waals surface area contributed by atoms with Crippen LogP contribution < -0.4 is 10.9 Å². The molecule has 2 heterocycles. The minimum atomic E-state index is -0.0806. The molecule has 6 nitrogen and oxygen atoms in total. The minimum absolute atomic E-state index is 0.0364. The van der Waals surface area contributed by atoms with E-state index < -0.39 is 0 Å². The third-order valence-corrected chi connectivity index (χ3v) is 5.06. The zero-order valence-electron chi connectivity index (χ0n) is 16.0. The third-order valence-electron chi connectivity index (χ3n) is 5.06. The Balaban J connectivity index is 1.70. The molecule has 28 heavy (non-hydrogen) atoms. The van der Waals surface area contributed by atoms with Gasteiger partial charge in [-0.15, -0.1) is 0 Å². The van der Waals surface area contributed by atoms with E-state index in [9.17, 15) is 9.59 Å². The number of amides is 1. The molecule has 0 saturated carbocycles. The molecule has 1 aromatic heterocycles. The van der Waals surface area contributed by atoms with E-state index >= 15 is 0 Å². The molecule has 4 rings (SSSR count). The van der Waals surface area contributed by atoms with Gasteiger partial charge in [0.05, 0.1) is 17.9 Å². The van der Waals surface area contributed by atoms with Crippen molar-refractivity contribution >= 4 is 11.9 Å². The highest BCUT2D eigenvalue weighted by Gasteiger charge is 2.26. The fourth-order valence-electron chi connectivity index (χ4n) is 3.52. The molecule has 0 radical (unpaired) electrons. The lowest BCUT2D eigenvalue weighted by Crippen LogP contribution is -2.40. The molecule has 6 heteroatoms. The lowest BCUT2D eigenvalue weighted by atomic mass is 10.0. The van der Waals surface area contributed by atoms with Crippen LogP contribution in [0.4, 0.5) is 5.95 Å². The van der Waals surface area contributed by atoms with Crippen LogP contribution in [0.3, 0.4) is 0 Å². The smallest absolute Gasteiger partial charge is 0.263 e. The number of aryl methyl sites for hydroxylation is 1. The molecule has 0 bridgehead atoms. The van der Waals surface area contributed by atoms with Gasteiger partial charge in [0.15, 0.2) is 0 Å². The normalized spacial score (nSPS) is 13.1. The molecule has 142 valence electrons. The van der Waals surface area contributed by atoms with Gasteiger partial charge in [0.25, 0.3) is 11.5 Å². The number of nitrogens with zero attached hydrogens (tertiary/aromatic N) is 3. The molecule has 0 saturated heterocycles. The third kappa shape index (κ3) is 3.17. The molecule has 1 amide bonds. The topological polar surface area (TPSA) is 67.2 Å². The van der Waals surface area contributed by atoms with Crippen LogP contribution in [0.2, 0.25) is 0 Å². The zero-order valence-corrected chi connectivity index (χ0v) is 16.0. The zero-order chi connectivity index (χ0) is 19.7.